The first-order valence-corrected chi connectivity index (χ1v) is 13.8. The number of hydrogen-bond acceptors (Lipinski definition) is 7. The lowest BCUT2D eigenvalue weighted by molar-refractivity contribution is 0.00676. The molecule has 3 aromatic rings. The maximum atomic E-state index is 13.5. The van der Waals surface area contributed by atoms with Crippen LogP contribution < -0.4 is 10.5 Å². The predicted octanol–water partition coefficient (Wildman–Crippen LogP) is 5.44. The molecule has 1 aromatic heterocycles. The van der Waals surface area contributed by atoms with Crippen LogP contribution in [-0.4, -0.2) is 47.0 Å². The molecule has 8 heteroatoms. The summed E-state index contributed by atoms with van der Waals surface area (Å²) in [6.07, 6.45) is 0.603. The summed E-state index contributed by atoms with van der Waals surface area (Å²) in [5, 5.41) is 0.492. The van der Waals surface area contributed by atoms with E-state index in [0.717, 1.165) is 16.0 Å². The largest absolute Gasteiger partial charge is 0.496 e. The lowest BCUT2D eigenvalue weighted by Gasteiger charge is -2.41. The summed E-state index contributed by atoms with van der Waals surface area (Å²) in [5.41, 5.74) is 10.0. The van der Waals surface area contributed by atoms with Crippen molar-refractivity contribution in [3.8, 4) is 5.75 Å². The number of carbonyl (C=O) groups is 2. The number of rotatable bonds is 6. The molecule has 0 spiro atoms. The SMILES string of the molecule is COc1cccc2c1C(=O)N(C[C@@H]1Cc3c(sc(N)c3C(=O)OC(C)(C)C)CN1[C@@H](C)c1ccccc1)C2. The van der Waals surface area contributed by atoms with Crippen LogP contribution in [-0.2, 0) is 24.2 Å². The van der Waals surface area contributed by atoms with Gasteiger partial charge in [-0.05, 0) is 56.9 Å². The van der Waals surface area contributed by atoms with Crippen LogP contribution in [0.15, 0.2) is 48.5 Å². The van der Waals surface area contributed by atoms with E-state index in [9.17, 15) is 9.59 Å². The second-order valence-electron chi connectivity index (χ2n) is 11.0. The van der Waals surface area contributed by atoms with E-state index in [4.69, 9.17) is 15.2 Å². The van der Waals surface area contributed by atoms with Gasteiger partial charge in [0.15, 0.2) is 0 Å². The summed E-state index contributed by atoms with van der Waals surface area (Å²) in [4.78, 5) is 32.1. The number of benzene rings is 2. The monoisotopic (exact) mass is 533 g/mol. The Hall–Kier alpha value is -3.36. The Labute approximate surface area is 228 Å². The lowest BCUT2D eigenvalue weighted by atomic mass is 9.93. The molecule has 5 rings (SSSR count). The normalized spacial score (nSPS) is 18.2. The molecule has 1 amide bonds. The molecule has 2 aliphatic rings. The van der Waals surface area contributed by atoms with Crippen molar-refractivity contribution in [3.05, 3.63) is 81.2 Å². The van der Waals surface area contributed by atoms with Crippen LogP contribution in [0.25, 0.3) is 0 Å². The molecular weight excluding hydrogens is 498 g/mol. The molecule has 200 valence electrons. The zero-order valence-electron chi connectivity index (χ0n) is 22.6. The van der Waals surface area contributed by atoms with Gasteiger partial charge < -0.3 is 20.1 Å². The van der Waals surface area contributed by atoms with E-state index in [2.05, 4.69) is 24.0 Å². The number of amides is 1. The zero-order chi connectivity index (χ0) is 27.2. The average molecular weight is 534 g/mol. The number of thiophene rings is 1. The van der Waals surface area contributed by atoms with Gasteiger partial charge in [-0.2, -0.15) is 0 Å². The van der Waals surface area contributed by atoms with Crippen molar-refractivity contribution in [1.29, 1.82) is 0 Å². The molecule has 7 nitrogen and oxygen atoms in total. The van der Waals surface area contributed by atoms with Gasteiger partial charge in [-0.15, -0.1) is 11.3 Å². The smallest absolute Gasteiger partial charge is 0.341 e. The molecule has 0 unspecified atom stereocenters. The second-order valence-corrected chi connectivity index (χ2v) is 12.2. The van der Waals surface area contributed by atoms with Crippen LogP contribution >= 0.6 is 11.3 Å². The highest BCUT2D eigenvalue weighted by molar-refractivity contribution is 7.16. The Morgan fingerprint density at radius 1 is 1.13 bits per heavy atom. The first kappa shape index (κ1) is 26.3. The summed E-state index contributed by atoms with van der Waals surface area (Å²) < 4.78 is 11.2. The van der Waals surface area contributed by atoms with E-state index >= 15 is 0 Å². The quantitative estimate of drug-likeness (QED) is 0.425. The minimum absolute atomic E-state index is 0.0165. The fourth-order valence-corrected chi connectivity index (χ4v) is 6.68. The van der Waals surface area contributed by atoms with Gasteiger partial charge in [0, 0.05) is 36.6 Å². The highest BCUT2D eigenvalue weighted by Crippen LogP contribution is 2.41. The third-order valence-corrected chi connectivity index (χ3v) is 8.41. The van der Waals surface area contributed by atoms with E-state index in [1.807, 2.05) is 62.1 Å². The maximum Gasteiger partial charge on any atom is 0.341 e. The van der Waals surface area contributed by atoms with Crippen molar-refractivity contribution in [2.75, 3.05) is 19.4 Å². The van der Waals surface area contributed by atoms with Gasteiger partial charge in [0.1, 0.15) is 16.4 Å². The number of nitrogen functional groups attached to an aromatic ring is 1. The van der Waals surface area contributed by atoms with Crippen LogP contribution in [0.3, 0.4) is 0 Å². The lowest BCUT2D eigenvalue weighted by Crippen LogP contribution is -2.48. The molecule has 0 radical (unpaired) electrons. The summed E-state index contributed by atoms with van der Waals surface area (Å²) in [7, 11) is 1.59. The number of hydrogen-bond donors (Lipinski definition) is 1. The molecule has 0 saturated heterocycles. The van der Waals surface area contributed by atoms with Crippen molar-refractivity contribution in [2.24, 2.45) is 0 Å². The number of anilines is 1. The van der Waals surface area contributed by atoms with Crippen LogP contribution in [0.2, 0.25) is 0 Å². The van der Waals surface area contributed by atoms with Crippen LogP contribution in [0.4, 0.5) is 5.00 Å². The molecule has 0 aliphatic carbocycles. The summed E-state index contributed by atoms with van der Waals surface area (Å²) >= 11 is 1.47. The molecule has 38 heavy (non-hydrogen) atoms. The van der Waals surface area contributed by atoms with Crippen molar-refractivity contribution in [1.82, 2.24) is 9.80 Å². The Morgan fingerprint density at radius 2 is 1.87 bits per heavy atom. The van der Waals surface area contributed by atoms with Crippen molar-refractivity contribution < 1.29 is 19.1 Å². The van der Waals surface area contributed by atoms with Gasteiger partial charge in [0.2, 0.25) is 0 Å². The van der Waals surface area contributed by atoms with Crippen LogP contribution in [0, 0.1) is 0 Å². The number of fused-ring (bicyclic) bond motifs is 2. The maximum absolute atomic E-state index is 13.5. The number of esters is 1. The first-order valence-electron chi connectivity index (χ1n) is 13.0. The van der Waals surface area contributed by atoms with Gasteiger partial charge in [-0.3, -0.25) is 9.69 Å². The van der Waals surface area contributed by atoms with Gasteiger partial charge in [-0.1, -0.05) is 42.5 Å². The molecule has 3 heterocycles. The molecule has 0 saturated carbocycles. The third-order valence-electron chi connectivity index (χ3n) is 7.36. The molecular formula is C30H35N3O4S. The Kier molecular flexibility index (Phi) is 6.96. The summed E-state index contributed by atoms with van der Waals surface area (Å²) in [6, 6.07) is 16.2. The molecule has 0 fully saturated rings. The first-order chi connectivity index (χ1) is 18.1. The van der Waals surface area contributed by atoms with E-state index in [-0.39, 0.29) is 24.0 Å². The molecule has 0 bridgehead atoms. The van der Waals surface area contributed by atoms with E-state index < -0.39 is 5.60 Å². The fraction of sp³-hybridized carbons (Fsp3) is 0.400. The third kappa shape index (κ3) is 4.90. The number of nitrogens with zero attached hydrogens (tertiary/aromatic N) is 2. The minimum Gasteiger partial charge on any atom is -0.496 e. The van der Waals surface area contributed by atoms with Gasteiger partial charge >= 0.3 is 5.97 Å². The van der Waals surface area contributed by atoms with Crippen molar-refractivity contribution in [3.63, 3.8) is 0 Å². The van der Waals surface area contributed by atoms with E-state index in [1.54, 1.807) is 7.11 Å². The topological polar surface area (TPSA) is 85.1 Å². The Bertz CT molecular complexity index is 1360. The number of nitrogens with two attached hydrogens (primary N) is 1. The molecule has 2 atom stereocenters. The molecule has 2 aliphatic heterocycles. The van der Waals surface area contributed by atoms with Crippen molar-refractivity contribution >= 4 is 28.2 Å². The molecule has 2 aromatic carbocycles. The fourth-order valence-electron chi connectivity index (χ4n) is 5.58. The van der Waals surface area contributed by atoms with E-state index in [0.29, 0.717) is 47.9 Å². The highest BCUT2D eigenvalue weighted by Gasteiger charge is 2.39. The summed E-state index contributed by atoms with van der Waals surface area (Å²) in [5.74, 6) is 0.200. The standard InChI is InChI=1S/C30H35N3O4S/c1-18(19-10-7-6-8-11-19)33-17-24-22(26(27(31)38-24)29(35)37-30(2,3)4)14-21(33)16-32-15-20-12-9-13-23(36-5)25(20)28(32)34/h6-13,18,21H,14-17,31H2,1-5H3/t18-,21-/m0/s1. The summed E-state index contributed by atoms with van der Waals surface area (Å²) in [6.45, 7) is 9.48. The highest BCUT2D eigenvalue weighted by atomic mass is 32.1. The number of methoxy groups -OCH3 is 1. The van der Waals surface area contributed by atoms with Crippen LogP contribution in [0.1, 0.15) is 76.0 Å². The van der Waals surface area contributed by atoms with Gasteiger partial charge in [0.25, 0.3) is 5.91 Å². The molecule has 2 N–H and O–H groups in total. The minimum atomic E-state index is -0.618. The Balaban J connectivity index is 1.49. The Morgan fingerprint density at radius 3 is 2.55 bits per heavy atom. The van der Waals surface area contributed by atoms with Gasteiger partial charge in [0.05, 0.1) is 18.2 Å². The van der Waals surface area contributed by atoms with E-state index in [1.165, 1.54) is 16.9 Å². The second kappa shape index (κ2) is 10.1. The zero-order valence-corrected chi connectivity index (χ0v) is 23.4. The number of ether oxygens (including phenoxy) is 2. The predicted molar refractivity (Wildman–Crippen MR) is 150 cm³/mol. The van der Waals surface area contributed by atoms with Gasteiger partial charge in [-0.25, -0.2) is 4.79 Å². The van der Waals surface area contributed by atoms with Crippen molar-refractivity contribution in [2.45, 2.75) is 64.9 Å². The average Bonchev–Trinajstić information content (AvgIpc) is 3.37. The number of carbonyl (C=O) groups excluding carboxylic acids is 2. The van der Waals surface area contributed by atoms with Crippen LogP contribution in [0.5, 0.6) is 5.75 Å².